The predicted octanol–water partition coefficient (Wildman–Crippen LogP) is 5.18. The summed E-state index contributed by atoms with van der Waals surface area (Å²) in [5.41, 5.74) is 2.28. The standard InChI is InChI=1S/C24H20F2N4OS/c1-16(18-12-13-20(25)21(26)14-18)27-22(31)15-32-24-29-28-23(17-8-4-2-5-9-17)30(24)19-10-6-3-7-11-19/h2-14,16H,15H2,1H3,(H,27,31). The lowest BCUT2D eigenvalue weighted by molar-refractivity contribution is -0.119. The second-order valence-corrected chi connectivity index (χ2v) is 8.04. The van der Waals surface area contributed by atoms with Crippen molar-refractivity contribution in [1.82, 2.24) is 20.1 Å². The number of benzene rings is 3. The summed E-state index contributed by atoms with van der Waals surface area (Å²) in [7, 11) is 0. The van der Waals surface area contributed by atoms with Crippen LogP contribution >= 0.6 is 11.8 Å². The number of amides is 1. The van der Waals surface area contributed by atoms with Gasteiger partial charge in [0.1, 0.15) is 0 Å². The number of carbonyl (C=O) groups is 1. The van der Waals surface area contributed by atoms with Crippen molar-refractivity contribution < 1.29 is 13.6 Å². The van der Waals surface area contributed by atoms with Crippen LogP contribution in [0.25, 0.3) is 17.1 Å². The van der Waals surface area contributed by atoms with Gasteiger partial charge in [0.25, 0.3) is 0 Å². The van der Waals surface area contributed by atoms with Gasteiger partial charge in [0.2, 0.25) is 5.91 Å². The van der Waals surface area contributed by atoms with Gasteiger partial charge in [0.05, 0.1) is 11.8 Å². The van der Waals surface area contributed by atoms with Crippen molar-refractivity contribution in [2.24, 2.45) is 0 Å². The van der Waals surface area contributed by atoms with Crippen LogP contribution in [0.15, 0.2) is 84.0 Å². The van der Waals surface area contributed by atoms with Gasteiger partial charge in [-0.15, -0.1) is 10.2 Å². The molecule has 162 valence electrons. The summed E-state index contributed by atoms with van der Waals surface area (Å²) in [6, 6.07) is 22.5. The molecule has 5 nitrogen and oxygen atoms in total. The van der Waals surface area contributed by atoms with E-state index in [4.69, 9.17) is 0 Å². The summed E-state index contributed by atoms with van der Waals surface area (Å²) in [6.07, 6.45) is 0. The fourth-order valence-corrected chi connectivity index (χ4v) is 3.99. The minimum absolute atomic E-state index is 0.0910. The zero-order chi connectivity index (χ0) is 22.5. The first-order valence-corrected chi connectivity index (χ1v) is 10.9. The molecule has 1 amide bonds. The van der Waals surface area contributed by atoms with Crippen LogP contribution in [0.5, 0.6) is 0 Å². The lowest BCUT2D eigenvalue weighted by Gasteiger charge is -2.15. The number of rotatable bonds is 7. The Morgan fingerprint density at radius 1 is 0.969 bits per heavy atom. The molecule has 3 aromatic carbocycles. The van der Waals surface area contributed by atoms with Gasteiger partial charge < -0.3 is 5.32 Å². The van der Waals surface area contributed by atoms with Crippen LogP contribution in [0.2, 0.25) is 0 Å². The van der Waals surface area contributed by atoms with Crippen LogP contribution in [0.1, 0.15) is 18.5 Å². The van der Waals surface area contributed by atoms with E-state index in [2.05, 4.69) is 15.5 Å². The summed E-state index contributed by atoms with van der Waals surface area (Å²) in [5, 5.41) is 12.0. The van der Waals surface area contributed by atoms with Crippen LogP contribution in [0.3, 0.4) is 0 Å². The molecular weight excluding hydrogens is 430 g/mol. The summed E-state index contributed by atoms with van der Waals surface area (Å²) >= 11 is 1.25. The zero-order valence-electron chi connectivity index (χ0n) is 17.2. The summed E-state index contributed by atoms with van der Waals surface area (Å²) in [4.78, 5) is 12.5. The molecule has 1 heterocycles. The molecule has 0 radical (unpaired) electrons. The topological polar surface area (TPSA) is 59.8 Å². The van der Waals surface area contributed by atoms with E-state index >= 15 is 0 Å². The minimum atomic E-state index is -0.942. The van der Waals surface area contributed by atoms with Gasteiger partial charge in [0.15, 0.2) is 22.6 Å². The Labute approximate surface area is 188 Å². The van der Waals surface area contributed by atoms with Crippen molar-refractivity contribution in [3.05, 3.63) is 96.1 Å². The molecule has 0 aliphatic heterocycles. The number of hydrogen-bond donors (Lipinski definition) is 1. The Morgan fingerprint density at radius 3 is 2.34 bits per heavy atom. The van der Waals surface area contributed by atoms with Crippen LogP contribution in [-0.2, 0) is 4.79 Å². The van der Waals surface area contributed by atoms with Gasteiger partial charge >= 0.3 is 0 Å². The van der Waals surface area contributed by atoms with Crippen LogP contribution in [0.4, 0.5) is 8.78 Å². The van der Waals surface area contributed by atoms with Crippen molar-refractivity contribution in [3.8, 4) is 17.1 Å². The molecule has 4 rings (SSSR count). The average Bonchev–Trinajstić information content (AvgIpc) is 3.24. The Morgan fingerprint density at radius 2 is 1.66 bits per heavy atom. The number of halogens is 2. The number of carbonyl (C=O) groups excluding carboxylic acids is 1. The van der Waals surface area contributed by atoms with Crippen molar-refractivity contribution in [2.75, 3.05) is 5.75 Å². The Bertz CT molecular complexity index is 1220. The van der Waals surface area contributed by atoms with Crippen molar-refractivity contribution in [2.45, 2.75) is 18.1 Å². The highest BCUT2D eigenvalue weighted by atomic mass is 32.2. The van der Waals surface area contributed by atoms with Crippen LogP contribution < -0.4 is 5.32 Å². The molecule has 1 atom stereocenters. The first-order valence-electron chi connectivity index (χ1n) is 9.96. The van der Waals surface area contributed by atoms with E-state index in [0.29, 0.717) is 16.5 Å². The second kappa shape index (κ2) is 9.74. The Balaban J connectivity index is 1.51. The normalized spacial score (nSPS) is 11.8. The largest absolute Gasteiger partial charge is 0.349 e. The second-order valence-electron chi connectivity index (χ2n) is 7.09. The number of aromatic nitrogens is 3. The quantitative estimate of drug-likeness (QED) is 0.394. The smallest absolute Gasteiger partial charge is 0.230 e. The first-order chi connectivity index (χ1) is 15.5. The number of nitrogens with one attached hydrogen (secondary N) is 1. The third-order valence-corrected chi connectivity index (χ3v) is 5.76. The van der Waals surface area contributed by atoms with Gasteiger partial charge in [-0.1, -0.05) is 66.4 Å². The lowest BCUT2D eigenvalue weighted by Crippen LogP contribution is -2.28. The fraction of sp³-hybridized carbons (Fsp3) is 0.125. The molecular formula is C24H20F2N4OS. The first kappa shape index (κ1) is 21.7. The van der Waals surface area contributed by atoms with E-state index < -0.39 is 17.7 Å². The number of hydrogen-bond acceptors (Lipinski definition) is 4. The number of para-hydroxylation sites is 1. The van der Waals surface area contributed by atoms with Crippen LogP contribution in [0, 0.1) is 11.6 Å². The van der Waals surface area contributed by atoms with Crippen molar-refractivity contribution in [3.63, 3.8) is 0 Å². The molecule has 1 aromatic heterocycles. The van der Waals surface area contributed by atoms with Crippen molar-refractivity contribution in [1.29, 1.82) is 0 Å². The molecule has 4 aromatic rings. The van der Waals surface area contributed by atoms with Gasteiger partial charge in [-0.3, -0.25) is 9.36 Å². The third kappa shape index (κ3) is 4.86. The molecule has 8 heteroatoms. The average molecular weight is 451 g/mol. The highest BCUT2D eigenvalue weighted by Gasteiger charge is 2.18. The van der Waals surface area contributed by atoms with Gasteiger partial charge in [0, 0.05) is 11.3 Å². The lowest BCUT2D eigenvalue weighted by atomic mass is 10.1. The molecule has 1 N–H and O–H groups in total. The molecule has 0 fully saturated rings. The predicted molar refractivity (Wildman–Crippen MR) is 120 cm³/mol. The van der Waals surface area contributed by atoms with Crippen LogP contribution in [-0.4, -0.2) is 26.4 Å². The van der Waals surface area contributed by atoms with Gasteiger partial charge in [-0.05, 0) is 36.8 Å². The monoisotopic (exact) mass is 450 g/mol. The molecule has 0 spiro atoms. The molecule has 1 unspecified atom stereocenters. The highest BCUT2D eigenvalue weighted by molar-refractivity contribution is 7.99. The summed E-state index contributed by atoms with van der Waals surface area (Å²) in [5.74, 6) is -1.35. The Kier molecular flexibility index (Phi) is 6.61. The molecule has 0 saturated heterocycles. The molecule has 32 heavy (non-hydrogen) atoms. The Hall–Kier alpha value is -3.52. The van der Waals surface area contributed by atoms with E-state index in [-0.39, 0.29) is 11.7 Å². The van der Waals surface area contributed by atoms with E-state index in [0.717, 1.165) is 23.4 Å². The zero-order valence-corrected chi connectivity index (χ0v) is 18.0. The maximum Gasteiger partial charge on any atom is 0.230 e. The van der Waals surface area contributed by atoms with E-state index in [9.17, 15) is 13.6 Å². The van der Waals surface area contributed by atoms with Gasteiger partial charge in [-0.25, -0.2) is 8.78 Å². The molecule has 0 saturated carbocycles. The minimum Gasteiger partial charge on any atom is -0.349 e. The van der Waals surface area contributed by atoms with Crippen molar-refractivity contribution >= 4 is 17.7 Å². The molecule has 0 aliphatic rings. The highest BCUT2D eigenvalue weighted by Crippen LogP contribution is 2.28. The maximum absolute atomic E-state index is 13.5. The van der Waals surface area contributed by atoms with E-state index in [1.807, 2.05) is 65.2 Å². The van der Waals surface area contributed by atoms with E-state index in [1.54, 1.807) is 6.92 Å². The number of thioether (sulfide) groups is 1. The SMILES string of the molecule is CC(NC(=O)CSc1nnc(-c2ccccc2)n1-c1ccccc1)c1ccc(F)c(F)c1. The summed E-state index contributed by atoms with van der Waals surface area (Å²) in [6.45, 7) is 1.72. The third-order valence-electron chi connectivity index (χ3n) is 4.83. The van der Waals surface area contributed by atoms with E-state index in [1.165, 1.54) is 17.8 Å². The van der Waals surface area contributed by atoms with Gasteiger partial charge in [-0.2, -0.15) is 0 Å². The number of nitrogens with zero attached hydrogens (tertiary/aromatic N) is 3. The molecule has 0 aliphatic carbocycles. The summed E-state index contributed by atoms with van der Waals surface area (Å²) < 4.78 is 28.5. The fourth-order valence-electron chi connectivity index (χ4n) is 3.23. The maximum atomic E-state index is 13.5. The molecule has 0 bridgehead atoms.